The summed E-state index contributed by atoms with van der Waals surface area (Å²) in [6.07, 6.45) is 2.00. The molecule has 1 unspecified atom stereocenters. The number of pyridine rings is 1. The Labute approximate surface area is 99.2 Å². The van der Waals surface area contributed by atoms with Crippen molar-refractivity contribution in [2.24, 2.45) is 5.84 Å². The normalized spacial score (nSPS) is 11.9. The molecule has 1 rings (SSSR count). The number of nitrogen functional groups attached to an aromatic ring is 1. The Bertz CT molecular complexity index is 358. The van der Waals surface area contributed by atoms with E-state index in [4.69, 9.17) is 5.84 Å². The predicted molar refractivity (Wildman–Crippen MR) is 67.4 cm³/mol. The minimum Gasteiger partial charge on any atom is -0.347 e. The number of carbonyl (C=O) groups is 1. The van der Waals surface area contributed by atoms with Gasteiger partial charge in [0.25, 0.3) is 5.91 Å². The average molecular weight is 240 g/mol. The van der Waals surface area contributed by atoms with Crippen molar-refractivity contribution in [2.45, 2.75) is 13.0 Å². The van der Waals surface area contributed by atoms with Crippen LogP contribution in [0.25, 0.3) is 0 Å². The number of amides is 1. The third-order valence-electron chi connectivity index (χ3n) is 1.92. The van der Waals surface area contributed by atoms with Crippen molar-refractivity contribution in [2.75, 3.05) is 17.4 Å². The molecule has 16 heavy (non-hydrogen) atoms. The number of thioether (sulfide) groups is 1. The van der Waals surface area contributed by atoms with Crippen LogP contribution in [0.5, 0.6) is 0 Å². The number of nitrogens with one attached hydrogen (secondary N) is 2. The topological polar surface area (TPSA) is 80.0 Å². The fourth-order valence-electron chi connectivity index (χ4n) is 1.23. The third-order valence-corrected chi connectivity index (χ3v) is 2.76. The fraction of sp³-hybridized carbons (Fsp3) is 0.400. The molecule has 1 aromatic rings. The van der Waals surface area contributed by atoms with E-state index in [0.29, 0.717) is 11.5 Å². The quantitative estimate of drug-likeness (QED) is 0.525. The maximum atomic E-state index is 11.7. The van der Waals surface area contributed by atoms with Crippen molar-refractivity contribution in [3.05, 3.63) is 23.9 Å². The van der Waals surface area contributed by atoms with Crippen LogP contribution >= 0.6 is 11.8 Å². The van der Waals surface area contributed by atoms with E-state index in [0.717, 1.165) is 5.75 Å². The lowest BCUT2D eigenvalue weighted by atomic mass is 10.3. The summed E-state index contributed by atoms with van der Waals surface area (Å²) >= 11 is 1.69. The number of nitrogens with two attached hydrogens (primary N) is 1. The molecule has 1 atom stereocenters. The molecule has 0 aromatic carbocycles. The van der Waals surface area contributed by atoms with Crippen molar-refractivity contribution in [1.82, 2.24) is 10.3 Å². The average Bonchev–Trinajstić information content (AvgIpc) is 2.29. The Kier molecular flexibility index (Phi) is 5.07. The zero-order valence-corrected chi connectivity index (χ0v) is 10.2. The van der Waals surface area contributed by atoms with Crippen LogP contribution in [0.2, 0.25) is 0 Å². The van der Waals surface area contributed by atoms with Crippen LogP contribution in [0.4, 0.5) is 5.82 Å². The van der Waals surface area contributed by atoms with Crippen molar-refractivity contribution in [3.63, 3.8) is 0 Å². The molecule has 0 aliphatic heterocycles. The van der Waals surface area contributed by atoms with E-state index < -0.39 is 0 Å². The van der Waals surface area contributed by atoms with Crippen LogP contribution in [0.15, 0.2) is 18.2 Å². The number of anilines is 1. The summed E-state index contributed by atoms with van der Waals surface area (Å²) in [5, 5.41) is 2.86. The van der Waals surface area contributed by atoms with Crippen LogP contribution in [-0.4, -0.2) is 28.9 Å². The molecule has 4 N–H and O–H groups in total. The molecule has 1 heterocycles. The third kappa shape index (κ3) is 3.71. The second-order valence-electron chi connectivity index (χ2n) is 3.38. The maximum absolute atomic E-state index is 11.7. The molecule has 0 aliphatic rings. The molecule has 1 amide bonds. The van der Waals surface area contributed by atoms with Gasteiger partial charge in [0.2, 0.25) is 0 Å². The zero-order chi connectivity index (χ0) is 12.0. The van der Waals surface area contributed by atoms with Gasteiger partial charge in [-0.05, 0) is 25.3 Å². The lowest BCUT2D eigenvalue weighted by Gasteiger charge is -2.12. The Hall–Kier alpha value is -1.27. The van der Waals surface area contributed by atoms with Gasteiger partial charge in [-0.25, -0.2) is 10.8 Å². The summed E-state index contributed by atoms with van der Waals surface area (Å²) in [4.78, 5) is 15.8. The number of nitrogens with zero attached hydrogens (tertiary/aromatic N) is 1. The van der Waals surface area contributed by atoms with Gasteiger partial charge in [-0.15, -0.1) is 0 Å². The van der Waals surface area contributed by atoms with E-state index in [9.17, 15) is 4.79 Å². The van der Waals surface area contributed by atoms with Crippen molar-refractivity contribution < 1.29 is 4.79 Å². The molecule has 0 radical (unpaired) electrons. The van der Waals surface area contributed by atoms with Crippen LogP contribution in [0.1, 0.15) is 17.4 Å². The number of rotatable bonds is 5. The Balaban J connectivity index is 2.65. The highest BCUT2D eigenvalue weighted by molar-refractivity contribution is 7.98. The second-order valence-corrected chi connectivity index (χ2v) is 4.29. The van der Waals surface area contributed by atoms with Gasteiger partial charge >= 0.3 is 0 Å². The molecule has 0 bridgehead atoms. The van der Waals surface area contributed by atoms with E-state index in [-0.39, 0.29) is 11.9 Å². The number of hydrazine groups is 1. The van der Waals surface area contributed by atoms with Gasteiger partial charge in [0, 0.05) is 11.8 Å². The number of carbonyl (C=O) groups excluding carboxylic acids is 1. The molecule has 0 aliphatic carbocycles. The van der Waals surface area contributed by atoms with E-state index >= 15 is 0 Å². The minimum absolute atomic E-state index is 0.124. The SMILES string of the molecule is CSCC(C)NC(=O)c1cccc(NN)n1. The van der Waals surface area contributed by atoms with Crippen molar-refractivity contribution in [3.8, 4) is 0 Å². The zero-order valence-electron chi connectivity index (χ0n) is 9.36. The molecule has 0 spiro atoms. The first kappa shape index (κ1) is 12.8. The minimum atomic E-state index is -0.182. The molecular formula is C10H16N4OS. The molecule has 1 aromatic heterocycles. The van der Waals surface area contributed by atoms with Crippen LogP contribution in [0, 0.1) is 0 Å². The molecule has 0 saturated heterocycles. The fourth-order valence-corrected chi connectivity index (χ4v) is 1.81. The van der Waals surface area contributed by atoms with Gasteiger partial charge in [0.15, 0.2) is 0 Å². The Morgan fingerprint density at radius 1 is 1.62 bits per heavy atom. The van der Waals surface area contributed by atoms with Crippen molar-refractivity contribution in [1.29, 1.82) is 0 Å². The highest BCUT2D eigenvalue weighted by Gasteiger charge is 2.10. The molecule has 0 fully saturated rings. The van der Waals surface area contributed by atoms with Crippen LogP contribution < -0.4 is 16.6 Å². The highest BCUT2D eigenvalue weighted by Crippen LogP contribution is 2.04. The molecular weight excluding hydrogens is 224 g/mol. The molecule has 88 valence electrons. The van der Waals surface area contributed by atoms with E-state index in [1.807, 2.05) is 13.2 Å². The monoisotopic (exact) mass is 240 g/mol. The highest BCUT2D eigenvalue weighted by atomic mass is 32.2. The maximum Gasteiger partial charge on any atom is 0.270 e. The number of aromatic nitrogens is 1. The summed E-state index contributed by atoms with van der Waals surface area (Å²) in [7, 11) is 0. The first-order chi connectivity index (χ1) is 7.67. The van der Waals surface area contributed by atoms with Crippen molar-refractivity contribution >= 4 is 23.5 Å². The predicted octanol–water partition coefficient (Wildman–Crippen LogP) is 0.849. The lowest BCUT2D eigenvalue weighted by Crippen LogP contribution is -2.34. The first-order valence-corrected chi connectivity index (χ1v) is 6.30. The van der Waals surface area contributed by atoms with Gasteiger partial charge in [0.1, 0.15) is 11.5 Å². The molecule has 6 heteroatoms. The van der Waals surface area contributed by atoms with E-state index in [2.05, 4.69) is 15.7 Å². The summed E-state index contributed by atoms with van der Waals surface area (Å²) in [6, 6.07) is 5.21. The van der Waals surface area contributed by atoms with Crippen LogP contribution in [0.3, 0.4) is 0 Å². The van der Waals surface area contributed by atoms with Gasteiger partial charge in [0.05, 0.1) is 0 Å². The molecule has 5 nitrogen and oxygen atoms in total. The summed E-state index contributed by atoms with van der Waals surface area (Å²) < 4.78 is 0. The van der Waals surface area contributed by atoms with Gasteiger partial charge in [-0.2, -0.15) is 11.8 Å². The Morgan fingerprint density at radius 3 is 3.00 bits per heavy atom. The van der Waals surface area contributed by atoms with Gasteiger partial charge in [-0.1, -0.05) is 6.07 Å². The second kappa shape index (κ2) is 6.34. The summed E-state index contributed by atoms with van der Waals surface area (Å²) in [6.45, 7) is 1.96. The number of hydrogen-bond acceptors (Lipinski definition) is 5. The summed E-state index contributed by atoms with van der Waals surface area (Å²) in [5.41, 5.74) is 2.77. The van der Waals surface area contributed by atoms with E-state index in [1.165, 1.54) is 0 Å². The standard InChI is InChI=1S/C10H16N4OS/c1-7(6-16-2)12-10(15)8-4-3-5-9(13-8)14-11/h3-5,7H,6,11H2,1-2H3,(H,12,15)(H,13,14). The number of hydrogen-bond donors (Lipinski definition) is 3. The van der Waals surface area contributed by atoms with E-state index in [1.54, 1.807) is 30.0 Å². The smallest absolute Gasteiger partial charge is 0.270 e. The lowest BCUT2D eigenvalue weighted by molar-refractivity contribution is 0.0939. The van der Waals surface area contributed by atoms with Gasteiger partial charge in [-0.3, -0.25) is 4.79 Å². The largest absolute Gasteiger partial charge is 0.347 e. The first-order valence-electron chi connectivity index (χ1n) is 4.91. The molecule has 0 saturated carbocycles. The van der Waals surface area contributed by atoms with Gasteiger partial charge < -0.3 is 10.7 Å². The Morgan fingerprint density at radius 2 is 2.38 bits per heavy atom. The van der Waals surface area contributed by atoms with Crippen LogP contribution in [-0.2, 0) is 0 Å². The summed E-state index contributed by atoms with van der Waals surface area (Å²) in [5.74, 6) is 6.39.